The van der Waals surface area contributed by atoms with Gasteiger partial charge >= 0.3 is 5.97 Å². The lowest BCUT2D eigenvalue weighted by Crippen LogP contribution is -2.40. The van der Waals surface area contributed by atoms with E-state index in [1.807, 2.05) is 67.6 Å². The molecule has 3 heterocycles. The second-order valence-electron chi connectivity index (χ2n) is 12.5. The van der Waals surface area contributed by atoms with Crippen LogP contribution in [0.1, 0.15) is 49.4 Å². The second kappa shape index (κ2) is 15.2. The molecule has 52 heavy (non-hydrogen) atoms. The number of ether oxygens (including phenoxy) is 2. The van der Waals surface area contributed by atoms with E-state index >= 15 is 0 Å². The predicted octanol–water partition coefficient (Wildman–Crippen LogP) is 8.78. The highest BCUT2D eigenvalue weighted by atomic mass is 79.9. The number of aryl methyl sites for hydroxylation is 1. The molecule has 4 aromatic carbocycles. The summed E-state index contributed by atoms with van der Waals surface area (Å²) in [5.74, 6) is 0.0569. The zero-order valence-corrected chi connectivity index (χ0v) is 31.8. The Bertz CT molecular complexity index is 2480. The number of methoxy groups -OCH3 is 1. The summed E-state index contributed by atoms with van der Waals surface area (Å²) in [6.45, 7) is 6.09. The van der Waals surface area contributed by atoms with E-state index in [-0.39, 0.29) is 12.2 Å². The van der Waals surface area contributed by atoms with Gasteiger partial charge in [0.1, 0.15) is 11.8 Å². The van der Waals surface area contributed by atoms with Crippen molar-refractivity contribution in [2.24, 2.45) is 4.99 Å². The van der Waals surface area contributed by atoms with Crippen molar-refractivity contribution < 1.29 is 14.3 Å². The molecule has 0 aliphatic carbocycles. The molecule has 1 aliphatic heterocycles. The van der Waals surface area contributed by atoms with Crippen molar-refractivity contribution in [3.8, 4) is 34.0 Å². The first-order valence-electron chi connectivity index (χ1n) is 17.3. The number of thiazole rings is 1. The van der Waals surface area contributed by atoms with Crippen LogP contribution < -0.4 is 19.6 Å². The molecule has 0 saturated heterocycles. The largest absolute Gasteiger partial charge is 0.496 e. The number of nitrogens with zero attached hydrogens (tertiary/aromatic N) is 3. The number of benzene rings is 4. The summed E-state index contributed by atoms with van der Waals surface area (Å²) in [5.41, 5.74) is 8.44. The molecule has 1 atom stereocenters. The Morgan fingerprint density at radius 3 is 2.27 bits per heavy atom. The lowest BCUT2D eigenvalue weighted by molar-refractivity contribution is -0.139. The normalized spacial score (nSPS) is 14.2. The third-order valence-electron chi connectivity index (χ3n) is 9.10. The molecular formula is C43H38BrN3O4S. The van der Waals surface area contributed by atoms with Crippen LogP contribution in [0.5, 0.6) is 5.75 Å². The van der Waals surface area contributed by atoms with E-state index in [0.717, 1.165) is 44.7 Å². The molecule has 2 aromatic heterocycles. The quantitative estimate of drug-likeness (QED) is 0.131. The maximum absolute atomic E-state index is 14.8. The van der Waals surface area contributed by atoms with Crippen molar-refractivity contribution in [1.82, 2.24) is 9.13 Å². The number of hydrogen-bond acceptors (Lipinski definition) is 6. The molecule has 7 nitrogen and oxygen atoms in total. The minimum atomic E-state index is -0.808. The van der Waals surface area contributed by atoms with Gasteiger partial charge in [0.2, 0.25) is 0 Å². The number of fused-ring (bicyclic) bond motifs is 1. The van der Waals surface area contributed by atoms with Crippen LogP contribution in [-0.4, -0.2) is 28.8 Å². The molecular weight excluding hydrogens is 734 g/mol. The summed E-state index contributed by atoms with van der Waals surface area (Å²) in [5, 5.41) is 0. The molecule has 7 rings (SSSR count). The van der Waals surface area contributed by atoms with Gasteiger partial charge in [0.25, 0.3) is 5.56 Å². The smallest absolute Gasteiger partial charge is 0.338 e. The van der Waals surface area contributed by atoms with Crippen molar-refractivity contribution >= 4 is 39.3 Å². The topological polar surface area (TPSA) is 74.8 Å². The van der Waals surface area contributed by atoms with Crippen LogP contribution in [0.25, 0.3) is 34.3 Å². The maximum atomic E-state index is 14.8. The third-order valence-corrected chi connectivity index (χ3v) is 10.6. The minimum Gasteiger partial charge on any atom is -0.496 e. The zero-order valence-electron chi connectivity index (χ0n) is 29.4. The van der Waals surface area contributed by atoms with Crippen molar-refractivity contribution in [1.29, 1.82) is 0 Å². The van der Waals surface area contributed by atoms with Crippen LogP contribution in [0.4, 0.5) is 0 Å². The van der Waals surface area contributed by atoms with Gasteiger partial charge in [-0.05, 0) is 73.9 Å². The molecule has 9 heteroatoms. The summed E-state index contributed by atoms with van der Waals surface area (Å²) < 4.78 is 16.6. The van der Waals surface area contributed by atoms with E-state index in [4.69, 9.17) is 14.5 Å². The number of carbonyl (C=O) groups is 1. The summed E-state index contributed by atoms with van der Waals surface area (Å²) in [7, 11) is 1.59. The summed E-state index contributed by atoms with van der Waals surface area (Å²) in [6.07, 6.45) is 3.27. The SMILES string of the molecule is CCCC1=C(C(=O)OCC)[C@H](c2cc(Br)ccc2OC)n2c(s/c(=C/c3cc(-c4ccccc4)n(-c4ccc(C)cc4)c3-c3ccccc3)c2=O)=N1. The first kappa shape index (κ1) is 35.2. The van der Waals surface area contributed by atoms with E-state index in [1.165, 1.54) is 16.9 Å². The van der Waals surface area contributed by atoms with Crippen LogP contribution in [-0.2, 0) is 9.53 Å². The van der Waals surface area contributed by atoms with E-state index in [1.54, 1.807) is 18.6 Å². The molecule has 1 aliphatic rings. The Labute approximate surface area is 315 Å². The Balaban J connectivity index is 1.54. The van der Waals surface area contributed by atoms with E-state index in [0.29, 0.717) is 38.3 Å². The van der Waals surface area contributed by atoms with Crippen molar-refractivity contribution in [3.63, 3.8) is 0 Å². The Kier molecular flexibility index (Phi) is 10.2. The fraction of sp³-hybridized carbons (Fsp3) is 0.186. The molecule has 0 N–H and O–H groups in total. The van der Waals surface area contributed by atoms with Crippen LogP contribution in [0, 0.1) is 6.92 Å². The van der Waals surface area contributed by atoms with Gasteiger partial charge in [-0.15, -0.1) is 0 Å². The van der Waals surface area contributed by atoms with Crippen molar-refractivity contribution in [2.75, 3.05) is 13.7 Å². The van der Waals surface area contributed by atoms with E-state index < -0.39 is 12.0 Å². The minimum absolute atomic E-state index is 0.193. The molecule has 0 bridgehead atoms. The third kappa shape index (κ3) is 6.62. The Morgan fingerprint density at radius 1 is 0.923 bits per heavy atom. The Morgan fingerprint density at radius 2 is 1.62 bits per heavy atom. The van der Waals surface area contributed by atoms with Crippen LogP contribution in [0.15, 0.2) is 135 Å². The lowest BCUT2D eigenvalue weighted by atomic mass is 9.93. The van der Waals surface area contributed by atoms with Gasteiger partial charge in [-0.1, -0.05) is 119 Å². The second-order valence-corrected chi connectivity index (χ2v) is 14.5. The first-order valence-corrected chi connectivity index (χ1v) is 18.9. The van der Waals surface area contributed by atoms with Crippen LogP contribution in [0.3, 0.4) is 0 Å². The summed E-state index contributed by atoms with van der Waals surface area (Å²) in [4.78, 5) is 34.1. The maximum Gasteiger partial charge on any atom is 0.338 e. The van der Waals surface area contributed by atoms with Gasteiger partial charge < -0.3 is 14.0 Å². The fourth-order valence-electron chi connectivity index (χ4n) is 6.79. The summed E-state index contributed by atoms with van der Waals surface area (Å²) >= 11 is 4.93. The average molecular weight is 773 g/mol. The van der Waals surface area contributed by atoms with Crippen molar-refractivity contribution in [2.45, 2.75) is 39.7 Å². The van der Waals surface area contributed by atoms with Crippen molar-refractivity contribution in [3.05, 3.63) is 161 Å². The molecule has 0 unspecified atom stereocenters. The number of carbonyl (C=O) groups excluding carboxylic acids is 1. The highest BCUT2D eigenvalue weighted by Gasteiger charge is 2.36. The van der Waals surface area contributed by atoms with Gasteiger partial charge in [-0.25, -0.2) is 9.79 Å². The number of halogens is 1. The van der Waals surface area contributed by atoms with Crippen LogP contribution >= 0.6 is 27.3 Å². The molecule has 0 spiro atoms. The highest BCUT2D eigenvalue weighted by molar-refractivity contribution is 9.10. The van der Waals surface area contributed by atoms with Gasteiger partial charge in [0, 0.05) is 21.3 Å². The average Bonchev–Trinajstić information content (AvgIpc) is 3.69. The molecule has 0 fully saturated rings. The van der Waals surface area contributed by atoms with E-state index in [9.17, 15) is 9.59 Å². The Hall–Kier alpha value is -5.25. The van der Waals surface area contributed by atoms with Gasteiger partial charge in [-0.2, -0.15) is 0 Å². The fourth-order valence-corrected chi connectivity index (χ4v) is 8.18. The molecule has 0 saturated carbocycles. The van der Waals surface area contributed by atoms with Gasteiger partial charge in [0.05, 0.1) is 40.9 Å². The van der Waals surface area contributed by atoms with Crippen LogP contribution in [0.2, 0.25) is 0 Å². The summed E-state index contributed by atoms with van der Waals surface area (Å²) in [6, 6.07) is 36.0. The number of aromatic nitrogens is 2. The van der Waals surface area contributed by atoms with Gasteiger partial charge in [0.15, 0.2) is 4.80 Å². The van der Waals surface area contributed by atoms with E-state index in [2.05, 4.69) is 82.0 Å². The standard InChI is InChI=1S/C43H38BrN3O4S/c1-5-13-34-38(42(49)51-6-2)40(33-26-31(44)20-23-36(33)50-4)47-41(48)37(52-43(47)45-34)25-30-24-35(28-14-9-7-10-15-28)46(32-21-18-27(3)19-22-32)39(30)29-16-11-8-12-17-29/h7-12,14-26,40H,5-6,13H2,1-4H3/b37-25+/t40-/m0/s1. The van der Waals surface area contributed by atoms with Gasteiger partial charge in [-0.3, -0.25) is 9.36 Å². The molecule has 6 aromatic rings. The number of hydrogen-bond donors (Lipinski definition) is 0. The predicted molar refractivity (Wildman–Crippen MR) is 212 cm³/mol. The molecule has 0 radical (unpaired) electrons. The monoisotopic (exact) mass is 771 g/mol. The molecule has 262 valence electrons. The number of esters is 1. The molecule has 0 amide bonds. The lowest BCUT2D eigenvalue weighted by Gasteiger charge is -2.27. The first-order chi connectivity index (χ1) is 25.3. The number of allylic oxidation sites excluding steroid dienone is 1. The number of rotatable bonds is 10. The highest BCUT2D eigenvalue weighted by Crippen LogP contribution is 2.39. The zero-order chi connectivity index (χ0) is 36.4.